The highest BCUT2D eigenvalue weighted by atomic mass is 15.2. The summed E-state index contributed by atoms with van der Waals surface area (Å²) < 4.78 is 0. The van der Waals surface area contributed by atoms with E-state index in [1.165, 1.54) is 11.3 Å². The molecule has 2 bridgehead atoms. The van der Waals surface area contributed by atoms with Gasteiger partial charge in [-0.1, -0.05) is 25.2 Å². The van der Waals surface area contributed by atoms with Crippen molar-refractivity contribution in [1.82, 2.24) is 10.2 Å². The second-order valence-electron chi connectivity index (χ2n) is 4.68. The molecule has 1 aliphatic carbocycles. The minimum Gasteiger partial charge on any atom is -0.371 e. The molecule has 16 heavy (non-hydrogen) atoms. The van der Waals surface area contributed by atoms with Gasteiger partial charge in [-0.3, -0.25) is 0 Å². The standard InChI is InChI=1S/C14H22N2/c1-4-16-10-9-15-13-7-5-11(2)6-8-14(16)12(13)3/h5-8,11,13,15H,4,9-10H2,1-3H3/b7-5-,8-6-. The van der Waals surface area contributed by atoms with E-state index in [-0.39, 0.29) is 0 Å². The average molecular weight is 218 g/mol. The molecule has 2 rings (SSSR count). The number of hydrogen-bond acceptors (Lipinski definition) is 2. The molecule has 0 saturated carbocycles. The molecule has 1 heterocycles. The zero-order valence-electron chi connectivity index (χ0n) is 10.5. The molecule has 0 fully saturated rings. The quantitative estimate of drug-likeness (QED) is 0.679. The number of nitrogens with one attached hydrogen (secondary N) is 1. The highest BCUT2D eigenvalue weighted by Gasteiger charge is 2.19. The molecule has 0 aromatic carbocycles. The van der Waals surface area contributed by atoms with Crippen molar-refractivity contribution in [2.75, 3.05) is 19.6 Å². The molecule has 0 amide bonds. The van der Waals surface area contributed by atoms with Gasteiger partial charge in [-0.2, -0.15) is 0 Å². The largest absolute Gasteiger partial charge is 0.371 e. The monoisotopic (exact) mass is 218 g/mol. The van der Waals surface area contributed by atoms with E-state index in [4.69, 9.17) is 0 Å². The van der Waals surface area contributed by atoms with E-state index >= 15 is 0 Å². The van der Waals surface area contributed by atoms with Gasteiger partial charge in [0.2, 0.25) is 0 Å². The Labute approximate surface area is 98.7 Å². The van der Waals surface area contributed by atoms with Crippen molar-refractivity contribution in [1.29, 1.82) is 0 Å². The zero-order valence-corrected chi connectivity index (χ0v) is 10.5. The van der Waals surface area contributed by atoms with Crippen molar-refractivity contribution in [2.24, 2.45) is 5.92 Å². The summed E-state index contributed by atoms with van der Waals surface area (Å²) in [5, 5.41) is 3.60. The van der Waals surface area contributed by atoms with E-state index in [0.29, 0.717) is 12.0 Å². The van der Waals surface area contributed by atoms with Gasteiger partial charge in [-0.25, -0.2) is 0 Å². The van der Waals surface area contributed by atoms with Crippen LogP contribution in [0.1, 0.15) is 20.8 Å². The predicted octanol–water partition coefficient (Wildman–Crippen LogP) is 2.32. The van der Waals surface area contributed by atoms with Gasteiger partial charge < -0.3 is 10.2 Å². The van der Waals surface area contributed by atoms with Gasteiger partial charge in [-0.15, -0.1) is 0 Å². The molecular weight excluding hydrogens is 196 g/mol. The number of fused-ring (bicyclic) bond motifs is 1. The predicted molar refractivity (Wildman–Crippen MR) is 69.2 cm³/mol. The first kappa shape index (κ1) is 11.5. The van der Waals surface area contributed by atoms with Crippen molar-refractivity contribution >= 4 is 0 Å². The fourth-order valence-electron chi connectivity index (χ4n) is 2.41. The van der Waals surface area contributed by atoms with Crippen molar-refractivity contribution in [3.63, 3.8) is 0 Å². The molecular formula is C14H22N2. The normalized spacial score (nSPS) is 34.1. The van der Waals surface area contributed by atoms with Crippen LogP contribution in [0.4, 0.5) is 0 Å². The van der Waals surface area contributed by atoms with Crippen LogP contribution < -0.4 is 5.32 Å². The second kappa shape index (κ2) is 4.88. The van der Waals surface area contributed by atoms with Crippen molar-refractivity contribution in [2.45, 2.75) is 26.8 Å². The van der Waals surface area contributed by atoms with Crippen molar-refractivity contribution in [3.05, 3.63) is 35.6 Å². The maximum absolute atomic E-state index is 3.60. The topological polar surface area (TPSA) is 15.3 Å². The highest BCUT2D eigenvalue weighted by molar-refractivity contribution is 5.33. The lowest BCUT2D eigenvalue weighted by molar-refractivity contribution is 0.379. The van der Waals surface area contributed by atoms with Crippen LogP contribution >= 0.6 is 0 Å². The molecule has 0 aromatic heterocycles. The van der Waals surface area contributed by atoms with Crippen LogP contribution in [0.2, 0.25) is 0 Å². The molecule has 0 radical (unpaired) electrons. The molecule has 2 heteroatoms. The van der Waals surface area contributed by atoms with Crippen LogP contribution in [0.5, 0.6) is 0 Å². The molecule has 1 aliphatic heterocycles. The van der Waals surface area contributed by atoms with Gasteiger partial charge >= 0.3 is 0 Å². The maximum Gasteiger partial charge on any atom is 0.0486 e. The Balaban J connectivity index is 2.40. The van der Waals surface area contributed by atoms with Crippen LogP contribution in [0.25, 0.3) is 0 Å². The minimum absolute atomic E-state index is 0.416. The summed E-state index contributed by atoms with van der Waals surface area (Å²) in [6.07, 6.45) is 9.19. The molecule has 2 atom stereocenters. The molecule has 2 aliphatic rings. The first-order chi connectivity index (χ1) is 7.72. The van der Waals surface area contributed by atoms with E-state index in [1.807, 2.05) is 0 Å². The third-order valence-electron chi connectivity index (χ3n) is 3.50. The highest BCUT2D eigenvalue weighted by Crippen LogP contribution is 2.21. The summed E-state index contributed by atoms with van der Waals surface area (Å²) >= 11 is 0. The summed E-state index contributed by atoms with van der Waals surface area (Å²) in [6.45, 7) is 9.95. The van der Waals surface area contributed by atoms with E-state index < -0.39 is 0 Å². The summed E-state index contributed by atoms with van der Waals surface area (Å²) in [4.78, 5) is 2.46. The Hall–Kier alpha value is -1.02. The SMILES string of the molecule is CCN1CCNC2/C=C\C(C)/C=C\C1=C2C. The lowest BCUT2D eigenvalue weighted by atomic mass is 9.99. The van der Waals surface area contributed by atoms with Gasteiger partial charge in [0.1, 0.15) is 0 Å². The molecule has 0 spiro atoms. The van der Waals surface area contributed by atoms with Crippen molar-refractivity contribution in [3.8, 4) is 0 Å². The summed E-state index contributed by atoms with van der Waals surface area (Å²) in [7, 11) is 0. The summed E-state index contributed by atoms with van der Waals surface area (Å²) in [5.41, 5.74) is 2.85. The van der Waals surface area contributed by atoms with Crippen LogP contribution in [-0.4, -0.2) is 30.6 Å². The lowest BCUT2D eigenvalue weighted by Gasteiger charge is -2.25. The van der Waals surface area contributed by atoms with Gasteiger partial charge in [-0.05, 0) is 31.4 Å². The van der Waals surface area contributed by atoms with Gasteiger partial charge in [0.25, 0.3) is 0 Å². The van der Waals surface area contributed by atoms with Gasteiger partial charge in [0.15, 0.2) is 0 Å². The summed E-state index contributed by atoms with van der Waals surface area (Å²) in [6, 6.07) is 0.416. The van der Waals surface area contributed by atoms with E-state index in [0.717, 1.165) is 19.6 Å². The van der Waals surface area contributed by atoms with Crippen molar-refractivity contribution < 1.29 is 0 Å². The molecule has 2 nitrogen and oxygen atoms in total. The zero-order chi connectivity index (χ0) is 11.5. The molecule has 0 saturated heterocycles. The summed E-state index contributed by atoms with van der Waals surface area (Å²) in [5.74, 6) is 0.532. The number of rotatable bonds is 1. The van der Waals surface area contributed by atoms with Crippen LogP contribution in [0.15, 0.2) is 35.6 Å². The average Bonchev–Trinajstić information content (AvgIpc) is 2.44. The Kier molecular flexibility index (Phi) is 3.49. The number of allylic oxidation sites excluding steroid dienone is 3. The Morgan fingerprint density at radius 1 is 1.38 bits per heavy atom. The maximum atomic E-state index is 3.60. The molecule has 2 unspecified atom stereocenters. The third-order valence-corrected chi connectivity index (χ3v) is 3.50. The smallest absolute Gasteiger partial charge is 0.0486 e. The number of nitrogens with zero attached hydrogens (tertiary/aromatic N) is 1. The van der Waals surface area contributed by atoms with Crippen LogP contribution in [-0.2, 0) is 0 Å². The second-order valence-corrected chi connectivity index (χ2v) is 4.68. The van der Waals surface area contributed by atoms with E-state index in [9.17, 15) is 0 Å². The Bertz CT molecular complexity index is 339. The third kappa shape index (κ3) is 2.22. The Morgan fingerprint density at radius 3 is 2.94 bits per heavy atom. The number of likely N-dealkylation sites (N-methyl/N-ethyl adjacent to an activating group) is 1. The lowest BCUT2D eigenvalue weighted by Crippen LogP contribution is -2.31. The molecule has 88 valence electrons. The first-order valence-electron chi connectivity index (χ1n) is 6.28. The first-order valence-corrected chi connectivity index (χ1v) is 6.28. The van der Waals surface area contributed by atoms with Crippen LogP contribution in [0.3, 0.4) is 0 Å². The van der Waals surface area contributed by atoms with Crippen LogP contribution in [0, 0.1) is 5.92 Å². The minimum atomic E-state index is 0.416. The van der Waals surface area contributed by atoms with E-state index in [2.05, 4.69) is 55.3 Å². The van der Waals surface area contributed by atoms with Gasteiger partial charge in [0, 0.05) is 31.4 Å². The fraction of sp³-hybridized carbons (Fsp3) is 0.571. The van der Waals surface area contributed by atoms with Gasteiger partial charge in [0.05, 0.1) is 0 Å². The Morgan fingerprint density at radius 2 is 2.19 bits per heavy atom. The van der Waals surface area contributed by atoms with E-state index in [1.54, 1.807) is 0 Å². The molecule has 1 N–H and O–H groups in total. The fourth-order valence-corrected chi connectivity index (χ4v) is 2.41. The molecule has 0 aromatic rings. The number of hydrogen-bond donors (Lipinski definition) is 1.